The van der Waals surface area contributed by atoms with Crippen molar-refractivity contribution < 1.29 is 9.90 Å². The largest absolute Gasteiger partial charge is 0.465 e. The van der Waals surface area contributed by atoms with Crippen LogP contribution in [0.1, 0.15) is 40.0 Å². The van der Waals surface area contributed by atoms with Crippen LogP contribution in [0, 0.1) is 11.3 Å². The predicted octanol–water partition coefficient (Wildman–Crippen LogP) is 3.10. The Morgan fingerprint density at radius 2 is 2.10 bits per heavy atom. The van der Waals surface area contributed by atoms with E-state index in [1.807, 2.05) is 0 Å². The van der Waals surface area contributed by atoms with Crippen molar-refractivity contribution in [2.24, 2.45) is 11.3 Å². The molecule has 20 heavy (non-hydrogen) atoms. The fourth-order valence-corrected chi connectivity index (χ4v) is 3.92. The average Bonchev–Trinajstić information content (AvgIpc) is 2.74. The molecule has 0 aromatic rings. The molecule has 0 aromatic heterocycles. The molecule has 0 aliphatic carbocycles. The van der Waals surface area contributed by atoms with Crippen molar-refractivity contribution in [2.75, 3.05) is 25.5 Å². The van der Waals surface area contributed by atoms with Gasteiger partial charge in [0.05, 0.1) is 6.04 Å². The Kier molecular flexibility index (Phi) is 4.85. The van der Waals surface area contributed by atoms with Gasteiger partial charge in [0.2, 0.25) is 0 Å². The molecule has 3 unspecified atom stereocenters. The summed E-state index contributed by atoms with van der Waals surface area (Å²) in [5.74, 6) is 1.21. The molecule has 2 saturated heterocycles. The predicted molar refractivity (Wildman–Crippen MR) is 81.4 cm³/mol. The summed E-state index contributed by atoms with van der Waals surface area (Å²) < 4.78 is 0. The maximum Gasteiger partial charge on any atom is 0.407 e. The SMILES string of the molecule is CC(C)(C)C1CC2CCN(CCCCl)CC2N1C(=O)O. The number of rotatable bonds is 3. The van der Waals surface area contributed by atoms with E-state index in [4.69, 9.17) is 11.6 Å². The first-order valence-corrected chi connectivity index (χ1v) is 8.17. The molecule has 2 aliphatic rings. The van der Waals surface area contributed by atoms with Crippen molar-refractivity contribution >= 4 is 17.7 Å². The minimum absolute atomic E-state index is 0.0106. The molecule has 2 rings (SSSR count). The molecule has 1 N–H and O–H groups in total. The molecule has 0 aromatic carbocycles. The first-order valence-electron chi connectivity index (χ1n) is 7.64. The number of likely N-dealkylation sites (tertiary alicyclic amines) is 2. The molecule has 3 atom stereocenters. The number of piperidine rings is 1. The van der Waals surface area contributed by atoms with Crippen LogP contribution in [0.5, 0.6) is 0 Å². The monoisotopic (exact) mass is 302 g/mol. The van der Waals surface area contributed by atoms with E-state index in [1.54, 1.807) is 4.90 Å². The molecule has 5 heteroatoms. The summed E-state index contributed by atoms with van der Waals surface area (Å²) in [6.45, 7) is 9.39. The van der Waals surface area contributed by atoms with Gasteiger partial charge in [-0.15, -0.1) is 11.6 Å². The lowest BCUT2D eigenvalue weighted by molar-refractivity contribution is 0.0599. The zero-order valence-corrected chi connectivity index (χ0v) is 13.6. The average molecular weight is 303 g/mol. The normalized spacial score (nSPS) is 31.4. The highest BCUT2D eigenvalue weighted by atomic mass is 35.5. The van der Waals surface area contributed by atoms with Crippen LogP contribution < -0.4 is 0 Å². The zero-order valence-electron chi connectivity index (χ0n) is 12.8. The molecular weight excluding hydrogens is 276 g/mol. The molecule has 1 amide bonds. The number of fused-ring (bicyclic) bond motifs is 1. The third-order valence-electron chi connectivity index (χ3n) is 4.85. The van der Waals surface area contributed by atoms with Crippen molar-refractivity contribution in [2.45, 2.75) is 52.1 Å². The van der Waals surface area contributed by atoms with Gasteiger partial charge in [-0.2, -0.15) is 0 Å². The summed E-state index contributed by atoms with van der Waals surface area (Å²) in [7, 11) is 0. The minimum atomic E-state index is -0.753. The summed E-state index contributed by atoms with van der Waals surface area (Å²) in [6.07, 6.45) is 2.36. The van der Waals surface area contributed by atoms with Crippen LogP contribution in [0.2, 0.25) is 0 Å². The molecule has 0 bridgehead atoms. The van der Waals surface area contributed by atoms with Gasteiger partial charge in [0.25, 0.3) is 0 Å². The Balaban J connectivity index is 2.10. The van der Waals surface area contributed by atoms with E-state index >= 15 is 0 Å². The molecule has 0 spiro atoms. The molecule has 0 saturated carbocycles. The number of carboxylic acid groups (broad SMARTS) is 1. The highest BCUT2D eigenvalue weighted by molar-refractivity contribution is 6.17. The topological polar surface area (TPSA) is 43.8 Å². The lowest BCUT2D eigenvalue weighted by Crippen LogP contribution is -2.53. The van der Waals surface area contributed by atoms with E-state index in [0.717, 1.165) is 38.9 Å². The van der Waals surface area contributed by atoms with E-state index in [1.165, 1.54) is 0 Å². The third-order valence-corrected chi connectivity index (χ3v) is 5.12. The number of nitrogens with zero attached hydrogens (tertiary/aromatic N) is 2. The summed E-state index contributed by atoms with van der Waals surface area (Å²) in [4.78, 5) is 15.8. The first kappa shape index (κ1) is 15.9. The van der Waals surface area contributed by atoms with Gasteiger partial charge >= 0.3 is 6.09 Å². The molecule has 2 heterocycles. The van der Waals surface area contributed by atoms with Gasteiger partial charge < -0.3 is 14.9 Å². The number of halogens is 1. The molecule has 2 aliphatic heterocycles. The maximum absolute atomic E-state index is 11.7. The summed E-state index contributed by atoms with van der Waals surface area (Å²) in [5.41, 5.74) is 0.0106. The second-order valence-corrected chi connectivity index (χ2v) is 7.64. The fraction of sp³-hybridized carbons (Fsp3) is 0.933. The number of alkyl halides is 1. The van der Waals surface area contributed by atoms with E-state index in [2.05, 4.69) is 25.7 Å². The highest BCUT2D eigenvalue weighted by Gasteiger charge is 2.49. The molecule has 0 radical (unpaired) electrons. The summed E-state index contributed by atoms with van der Waals surface area (Å²) in [6, 6.07) is 0.309. The van der Waals surface area contributed by atoms with Crippen LogP contribution in [-0.4, -0.2) is 58.6 Å². The van der Waals surface area contributed by atoms with Crippen molar-refractivity contribution in [1.82, 2.24) is 9.80 Å². The summed E-state index contributed by atoms with van der Waals surface area (Å²) >= 11 is 5.76. The quantitative estimate of drug-likeness (QED) is 0.815. The van der Waals surface area contributed by atoms with Crippen molar-refractivity contribution in [1.29, 1.82) is 0 Å². The smallest absolute Gasteiger partial charge is 0.407 e. The van der Waals surface area contributed by atoms with Gasteiger partial charge in [0, 0.05) is 18.5 Å². The number of hydrogen-bond donors (Lipinski definition) is 1. The molecular formula is C15H27ClN2O2. The minimum Gasteiger partial charge on any atom is -0.465 e. The lowest BCUT2D eigenvalue weighted by Gasteiger charge is -2.40. The van der Waals surface area contributed by atoms with Crippen LogP contribution >= 0.6 is 11.6 Å². The van der Waals surface area contributed by atoms with Crippen molar-refractivity contribution in [3.05, 3.63) is 0 Å². The van der Waals surface area contributed by atoms with Gasteiger partial charge in [0.15, 0.2) is 0 Å². The number of amides is 1. The Labute approximate surface area is 127 Å². The second-order valence-electron chi connectivity index (χ2n) is 7.27. The first-order chi connectivity index (χ1) is 9.34. The maximum atomic E-state index is 11.7. The number of carbonyl (C=O) groups is 1. The van der Waals surface area contributed by atoms with Crippen molar-refractivity contribution in [3.8, 4) is 0 Å². The Morgan fingerprint density at radius 3 is 2.65 bits per heavy atom. The van der Waals surface area contributed by atoms with Crippen LogP contribution in [-0.2, 0) is 0 Å². The molecule has 116 valence electrons. The van der Waals surface area contributed by atoms with Gasteiger partial charge in [-0.05, 0) is 43.7 Å². The zero-order chi connectivity index (χ0) is 14.9. The standard InChI is InChI=1S/C15H27ClN2O2/c1-15(2,3)13-9-11-5-8-17(7-4-6-16)10-12(11)18(13)14(19)20/h11-13H,4-10H2,1-3H3,(H,19,20). The van der Waals surface area contributed by atoms with Crippen LogP contribution in [0.4, 0.5) is 4.79 Å². The Morgan fingerprint density at radius 1 is 1.40 bits per heavy atom. The van der Waals surface area contributed by atoms with E-state index in [-0.39, 0.29) is 17.5 Å². The Hall–Kier alpha value is -0.480. The second kappa shape index (κ2) is 6.10. The summed E-state index contributed by atoms with van der Waals surface area (Å²) in [5, 5.41) is 9.63. The van der Waals surface area contributed by atoms with Crippen LogP contribution in [0.3, 0.4) is 0 Å². The molecule has 4 nitrogen and oxygen atoms in total. The van der Waals surface area contributed by atoms with Crippen LogP contribution in [0.25, 0.3) is 0 Å². The van der Waals surface area contributed by atoms with E-state index < -0.39 is 6.09 Å². The molecule has 2 fully saturated rings. The van der Waals surface area contributed by atoms with Gasteiger partial charge in [-0.25, -0.2) is 4.79 Å². The lowest BCUT2D eigenvalue weighted by atomic mass is 9.82. The van der Waals surface area contributed by atoms with Crippen LogP contribution in [0.15, 0.2) is 0 Å². The van der Waals surface area contributed by atoms with Gasteiger partial charge in [-0.1, -0.05) is 20.8 Å². The Bertz CT molecular complexity index is 356. The fourth-order valence-electron chi connectivity index (χ4n) is 3.80. The van der Waals surface area contributed by atoms with Gasteiger partial charge in [-0.3, -0.25) is 0 Å². The van der Waals surface area contributed by atoms with Crippen molar-refractivity contribution in [3.63, 3.8) is 0 Å². The van der Waals surface area contributed by atoms with Gasteiger partial charge in [0.1, 0.15) is 0 Å². The number of hydrogen-bond acceptors (Lipinski definition) is 2. The van der Waals surface area contributed by atoms with E-state index in [9.17, 15) is 9.90 Å². The highest BCUT2D eigenvalue weighted by Crippen LogP contribution is 2.42. The van der Waals surface area contributed by atoms with E-state index in [0.29, 0.717) is 11.8 Å². The third kappa shape index (κ3) is 3.22.